The summed E-state index contributed by atoms with van der Waals surface area (Å²) in [4.78, 5) is 2.46. The van der Waals surface area contributed by atoms with Gasteiger partial charge in [0.25, 0.3) is 0 Å². The zero-order valence-electron chi connectivity index (χ0n) is 9.48. The van der Waals surface area contributed by atoms with Gasteiger partial charge in [-0.1, -0.05) is 18.2 Å². The molecule has 0 saturated carbocycles. The van der Waals surface area contributed by atoms with Crippen molar-refractivity contribution in [3.05, 3.63) is 29.8 Å². The maximum Gasteiger partial charge on any atom is 0.103 e. The van der Waals surface area contributed by atoms with E-state index in [-0.39, 0.29) is 0 Å². The first-order valence-corrected chi connectivity index (χ1v) is 6.11. The van der Waals surface area contributed by atoms with Crippen molar-refractivity contribution in [2.75, 3.05) is 31.2 Å². The summed E-state index contributed by atoms with van der Waals surface area (Å²) in [5.41, 5.74) is 2.86. The van der Waals surface area contributed by atoms with Crippen molar-refractivity contribution in [3.8, 4) is 0 Å². The minimum absolute atomic E-state index is 0.357. The third kappa shape index (κ3) is 1.81. The molecule has 0 aromatic heterocycles. The number of benzene rings is 1. The van der Waals surface area contributed by atoms with Crippen LogP contribution < -0.4 is 10.2 Å². The number of hydrogen-bond donors (Lipinski definition) is 1. The van der Waals surface area contributed by atoms with Crippen LogP contribution in [0.15, 0.2) is 24.3 Å². The molecule has 16 heavy (non-hydrogen) atoms. The monoisotopic (exact) mass is 218 g/mol. The van der Waals surface area contributed by atoms with E-state index in [0.29, 0.717) is 6.17 Å². The second-order valence-corrected chi connectivity index (χ2v) is 4.47. The Bertz CT molecular complexity index is 361. The highest BCUT2D eigenvalue weighted by molar-refractivity contribution is 5.56. The van der Waals surface area contributed by atoms with E-state index in [1.54, 1.807) is 0 Å². The van der Waals surface area contributed by atoms with Gasteiger partial charge in [0.1, 0.15) is 6.17 Å². The number of fused-ring (bicyclic) bond motifs is 1. The summed E-state index contributed by atoms with van der Waals surface area (Å²) in [5.74, 6) is 0. The maximum absolute atomic E-state index is 5.55. The highest BCUT2D eigenvalue weighted by Crippen LogP contribution is 2.28. The summed E-state index contributed by atoms with van der Waals surface area (Å²) in [7, 11) is 0. The molecule has 0 spiro atoms. The molecular weight excluding hydrogens is 200 g/mol. The van der Waals surface area contributed by atoms with Crippen LogP contribution in [0.4, 0.5) is 5.69 Å². The van der Waals surface area contributed by atoms with Gasteiger partial charge in [-0.3, -0.25) is 5.32 Å². The molecular formula is C13H18N2O. The number of rotatable bonds is 1. The molecule has 1 N–H and O–H groups in total. The first kappa shape index (κ1) is 10.1. The summed E-state index contributed by atoms with van der Waals surface area (Å²) in [6, 6.07) is 8.73. The lowest BCUT2D eigenvalue weighted by atomic mass is 10.0. The molecule has 2 aliphatic rings. The van der Waals surface area contributed by atoms with Crippen LogP contribution in [0.1, 0.15) is 12.0 Å². The zero-order valence-corrected chi connectivity index (χ0v) is 9.48. The molecule has 1 unspecified atom stereocenters. The SMILES string of the molecule is c1ccc2c(c1)CCCN2C1COCCN1. The Morgan fingerprint density at radius 3 is 3.12 bits per heavy atom. The van der Waals surface area contributed by atoms with Crippen molar-refractivity contribution >= 4 is 5.69 Å². The van der Waals surface area contributed by atoms with E-state index in [0.717, 1.165) is 26.3 Å². The number of ether oxygens (including phenoxy) is 1. The normalized spacial score (nSPS) is 25.2. The molecule has 1 aromatic rings. The van der Waals surface area contributed by atoms with Gasteiger partial charge in [0, 0.05) is 18.8 Å². The number of para-hydroxylation sites is 1. The van der Waals surface area contributed by atoms with E-state index < -0.39 is 0 Å². The average molecular weight is 218 g/mol. The smallest absolute Gasteiger partial charge is 0.103 e. The number of hydrogen-bond acceptors (Lipinski definition) is 3. The summed E-state index contributed by atoms with van der Waals surface area (Å²) in [5, 5.41) is 3.53. The van der Waals surface area contributed by atoms with Crippen molar-refractivity contribution in [2.24, 2.45) is 0 Å². The number of nitrogens with zero attached hydrogens (tertiary/aromatic N) is 1. The van der Waals surface area contributed by atoms with Crippen molar-refractivity contribution in [3.63, 3.8) is 0 Å². The molecule has 3 rings (SSSR count). The topological polar surface area (TPSA) is 24.5 Å². The zero-order chi connectivity index (χ0) is 10.8. The predicted molar refractivity (Wildman–Crippen MR) is 64.7 cm³/mol. The van der Waals surface area contributed by atoms with Crippen molar-refractivity contribution in [2.45, 2.75) is 19.0 Å². The van der Waals surface area contributed by atoms with Crippen LogP contribution in [-0.4, -0.2) is 32.5 Å². The number of aryl methyl sites for hydroxylation is 1. The minimum Gasteiger partial charge on any atom is -0.377 e. The fraction of sp³-hybridized carbons (Fsp3) is 0.538. The Labute approximate surface area is 96.4 Å². The number of nitrogens with one attached hydrogen (secondary N) is 1. The fourth-order valence-corrected chi connectivity index (χ4v) is 2.64. The van der Waals surface area contributed by atoms with E-state index in [9.17, 15) is 0 Å². The second kappa shape index (κ2) is 4.44. The molecule has 1 aromatic carbocycles. The van der Waals surface area contributed by atoms with E-state index in [1.165, 1.54) is 24.1 Å². The molecule has 2 aliphatic heterocycles. The highest BCUT2D eigenvalue weighted by Gasteiger charge is 2.25. The molecule has 0 radical (unpaired) electrons. The van der Waals surface area contributed by atoms with Gasteiger partial charge in [-0.05, 0) is 24.5 Å². The van der Waals surface area contributed by atoms with Crippen LogP contribution >= 0.6 is 0 Å². The molecule has 0 amide bonds. The summed E-state index contributed by atoms with van der Waals surface area (Å²) in [6.07, 6.45) is 2.81. The molecule has 1 atom stereocenters. The molecule has 3 nitrogen and oxygen atoms in total. The Morgan fingerprint density at radius 2 is 2.25 bits per heavy atom. The Morgan fingerprint density at radius 1 is 1.31 bits per heavy atom. The van der Waals surface area contributed by atoms with Crippen molar-refractivity contribution in [1.82, 2.24) is 5.32 Å². The molecule has 0 bridgehead atoms. The summed E-state index contributed by atoms with van der Waals surface area (Å²) < 4.78 is 5.55. The number of anilines is 1. The van der Waals surface area contributed by atoms with Gasteiger partial charge in [-0.25, -0.2) is 0 Å². The van der Waals surface area contributed by atoms with Gasteiger partial charge in [-0.2, -0.15) is 0 Å². The lowest BCUT2D eigenvalue weighted by Gasteiger charge is -2.40. The highest BCUT2D eigenvalue weighted by atomic mass is 16.5. The maximum atomic E-state index is 5.55. The molecule has 3 heteroatoms. The lowest BCUT2D eigenvalue weighted by molar-refractivity contribution is 0.0751. The van der Waals surface area contributed by atoms with Gasteiger partial charge >= 0.3 is 0 Å². The predicted octanol–water partition coefficient (Wildman–Crippen LogP) is 1.39. The molecule has 2 heterocycles. The average Bonchev–Trinajstić information content (AvgIpc) is 2.39. The van der Waals surface area contributed by atoms with Gasteiger partial charge in [-0.15, -0.1) is 0 Å². The Balaban J connectivity index is 1.86. The van der Waals surface area contributed by atoms with Crippen LogP contribution in [-0.2, 0) is 11.2 Å². The Kier molecular flexibility index (Phi) is 2.80. The summed E-state index contributed by atoms with van der Waals surface area (Å²) in [6.45, 7) is 3.74. The molecule has 86 valence electrons. The van der Waals surface area contributed by atoms with E-state index in [1.807, 2.05) is 0 Å². The third-order valence-corrected chi connectivity index (χ3v) is 3.42. The standard InChI is InChI=1S/C13H18N2O/c1-2-6-12-11(4-1)5-3-8-15(12)13-10-16-9-7-14-13/h1-2,4,6,13-14H,3,5,7-10H2. The van der Waals surface area contributed by atoms with Gasteiger partial charge < -0.3 is 9.64 Å². The quantitative estimate of drug-likeness (QED) is 0.771. The van der Waals surface area contributed by atoms with Crippen LogP contribution in [0.5, 0.6) is 0 Å². The molecule has 1 fully saturated rings. The van der Waals surface area contributed by atoms with Crippen LogP contribution in [0, 0.1) is 0 Å². The fourth-order valence-electron chi connectivity index (χ4n) is 2.64. The van der Waals surface area contributed by atoms with Gasteiger partial charge in [0.05, 0.1) is 13.2 Å². The largest absolute Gasteiger partial charge is 0.377 e. The van der Waals surface area contributed by atoms with E-state index >= 15 is 0 Å². The first-order valence-electron chi connectivity index (χ1n) is 6.11. The minimum atomic E-state index is 0.357. The lowest BCUT2D eigenvalue weighted by Crippen LogP contribution is -2.54. The van der Waals surface area contributed by atoms with E-state index in [4.69, 9.17) is 4.74 Å². The first-order chi connectivity index (χ1) is 7.95. The number of morpholine rings is 1. The Hall–Kier alpha value is -1.06. The second-order valence-electron chi connectivity index (χ2n) is 4.47. The van der Waals surface area contributed by atoms with Gasteiger partial charge in [0.15, 0.2) is 0 Å². The van der Waals surface area contributed by atoms with Gasteiger partial charge in [0.2, 0.25) is 0 Å². The van der Waals surface area contributed by atoms with E-state index in [2.05, 4.69) is 34.5 Å². The molecule has 0 aliphatic carbocycles. The third-order valence-electron chi connectivity index (χ3n) is 3.42. The van der Waals surface area contributed by atoms with Crippen molar-refractivity contribution < 1.29 is 4.74 Å². The molecule has 1 saturated heterocycles. The van der Waals surface area contributed by atoms with Crippen molar-refractivity contribution in [1.29, 1.82) is 0 Å². The summed E-state index contributed by atoms with van der Waals surface area (Å²) >= 11 is 0. The van der Waals surface area contributed by atoms with Crippen LogP contribution in [0.25, 0.3) is 0 Å². The van der Waals surface area contributed by atoms with Crippen LogP contribution in [0.3, 0.4) is 0 Å². The van der Waals surface area contributed by atoms with Crippen LogP contribution in [0.2, 0.25) is 0 Å².